The molecule has 1 atom stereocenters. The molecule has 1 aliphatic heterocycles. The lowest BCUT2D eigenvalue weighted by atomic mass is 10.1. The summed E-state index contributed by atoms with van der Waals surface area (Å²) >= 11 is 0. The van der Waals surface area contributed by atoms with E-state index < -0.39 is 0 Å². The molecule has 0 aliphatic carbocycles. The first-order chi connectivity index (χ1) is 11.2. The van der Waals surface area contributed by atoms with Gasteiger partial charge in [-0.1, -0.05) is 0 Å². The van der Waals surface area contributed by atoms with Crippen molar-refractivity contribution >= 4 is 16.8 Å². The fourth-order valence-corrected chi connectivity index (χ4v) is 3.32. The van der Waals surface area contributed by atoms with Crippen molar-refractivity contribution in [3.05, 3.63) is 65.9 Å². The number of amides is 1. The number of H-pyrrole nitrogens is 1. The molecule has 0 radical (unpaired) electrons. The van der Waals surface area contributed by atoms with Gasteiger partial charge in [-0.15, -0.1) is 0 Å². The van der Waals surface area contributed by atoms with Gasteiger partial charge in [-0.2, -0.15) is 0 Å². The highest BCUT2D eigenvalue weighted by molar-refractivity contribution is 5.98. The van der Waals surface area contributed by atoms with E-state index in [0.717, 1.165) is 30.5 Å². The fraction of sp³-hybridized carbons (Fsp3) is 0.222. The molecule has 1 N–H and O–H groups in total. The van der Waals surface area contributed by atoms with Gasteiger partial charge in [0, 0.05) is 29.8 Å². The maximum atomic E-state index is 13.3. The molecule has 1 unspecified atom stereocenters. The number of hydrogen-bond donors (Lipinski definition) is 1. The Balaban J connectivity index is 1.66. The Bertz CT molecular complexity index is 859. The highest BCUT2D eigenvalue weighted by Crippen LogP contribution is 2.33. The van der Waals surface area contributed by atoms with Crippen LogP contribution in [0.5, 0.6) is 0 Å². The first-order valence-corrected chi connectivity index (χ1v) is 7.71. The van der Waals surface area contributed by atoms with Crippen LogP contribution < -0.4 is 0 Å². The third kappa shape index (κ3) is 2.48. The van der Waals surface area contributed by atoms with Crippen LogP contribution in [0.15, 0.2) is 48.8 Å². The van der Waals surface area contributed by atoms with Gasteiger partial charge in [-0.05, 0) is 54.8 Å². The Morgan fingerprint density at radius 3 is 2.87 bits per heavy atom. The third-order valence-corrected chi connectivity index (χ3v) is 4.42. The minimum atomic E-state index is -0.300. The summed E-state index contributed by atoms with van der Waals surface area (Å²) in [5, 5.41) is 0.716. The normalized spacial score (nSPS) is 17.8. The maximum Gasteiger partial charge on any atom is 0.270 e. The van der Waals surface area contributed by atoms with E-state index in [9.17, 15) is 9.18 Å². The topological polar surface area (TPSA) is 49.0 Å². The summed E-state index contributed by atoms with van der Waals surface area (Å²) in [5.74, 6) is -0.341. The minimum absolute atomic E-state index is 0.0408. The van der Waals surface area contributed by atoms with Crippen molar-refractivity contribution in [2.24, 2.45) is 0 Å². The zero-order valence-electron chi connectivity index (χ0n) is 12.5. The van der Waals surface area contributed by atoms with E-state index in [1.54, 1.807) is 24.5 Å². The van der Waals surface area contributed by atoms with E-state index >= 15 is 0 Å². The zero-order chi connectivity index (χ0) is 15.8. The summed E-state index contributed by atoms with van der Waals surface area (Å²) < 4.78 is 13.3. The summed E-state index contributed by atoms with van der Waals surface area (Å²) in [7, 11) is 0. The first-order valence-electron chi connectivity index (χ1n) is 7.71. The van der Waals surface area contributed by atoms with Gasteiger partial charge in [0.05, 0.1) is 6.04 Å². The number of rotatable bonds is 2. The Labute approximate surface area is 133 Å². The second-order valence-corrected chi connectivity index (χ2v) is 5.85. The highest BCUT2D eigenvalue weighted by Gasteiger charge is 2.31. The molecule has 1 aromatic carbocycles. The number of carbonyl (C=O) groups excluding carboxylic acids is 1. The molecule has 1 saturated heterocycles. The van der Waals surface area contributed by atoms with Crippen molar-refractivity contribution in [2.45, 2.75) is 18.9 Å². The molecule has 23 heavy (non-hydrogen) atoms. The van der Waals surface area contributed by atoms with Crippen LogP contribution in [0, 0.1) is 5.82 Å². The molecule has 1 aliphatic rings. The van der Waals surface area contributed by atoms with Crippen molar-refractivity contribution in [1.82, 2.24) is 14.9 Å². The monoisotopic (exact) mass is 309 g/mol. The molecule has 4 nitrogen and oxygen atoms in total. The molecular formula is C18H16FN3O. The molecule has 3 heterocycles. The Hall–Kier alpha value is -2.69. The van der Waals surface area contributed by atoms with Crippen LogP contribution in [0.25, 0.3) is 10.9 Å². The van der Waals surface area contributed by atoms with Crippen LogP contribution in [0.2, 0.25) is 0 Å². The molecule has 4 rings (SSSR count). The van der Waals surface area contributed by atoms with Gasteiger partial charge >= 0.3 is 0 Å². The number of pyridine rings is 1. The summed E-state index contributed by atoms with van der Waals surface area (Å²) in [6.07, 6.45) is 5.43. The minimum Gasteiger partial charge on any atom is -0.351 e. The average molecular weight is 309 g/mol. The van der Waals surface area contributed by atoms with Crippen LogP contribution in [-0.2, 0) is 0 Å². The molecule has 5 heteroatoms. The van der Waals surface area contributed by atoms with E-state index in [4.69, 9.17) is 0 Å². The summed E-state index contributed by atoms with van der Waals surface area (Å²) in [6, 6.07) is 10.2. The highest BCUT2D eigenvalue weighted by atomic mass is 19.1. The number of aromatic nitrogens is 2. The molecule has 1 fully saturated rings. The fourth-order valence-electron chi connectivity index (χ4n) is 3.32. The first kappa shape index (κ1) is 13.9. The van der Waals surface area contributed by atoms with Gasteiger partial charge in [0.15, 0.2) is 0 Å². The van der Waals surface area contributed by atoms with Gasteiger partial charge in [-0.3, -0.25) is 9.78 Å². The molecule has 1 amide bonds. The van der Waals surface area contributed by atoms with Gasteiger partial charge < -0.3 is 9.88 Å². The summed E-state index contributed by atoms with van der Waals surface area (Å²) in [6.45, 7) is 0.732. The SMILES string of the molecule is O=C(c1cc2cc(F)ccc2[nH]1)N1CCCC1c1ccncc1. The van der Waals surface area contributed by atoms with Gasteiger partial charge in [0.2, 0.25) is 0 Å². The number of aromatic amines is 1. The lowest BCUT2D eigenvalue weighted by molar-refractivity contribution is 0.0730. The van der Waals surface area contributed by atoms with E-state index in [1.165, 1.54) is 12.1 Å². The largest absolute Gasteiger partial charge is 0.351 e. The smallest absolute Gasteiger partial charge is 0.270 e. The average Bonchev–Trinajstić information content (AvgIpc) is 3.21. The zero-order valence-corrected chi connectivity index (χ0v) is 12.5. The summed E-state index contributed by atoms with van der Waals surface area (Å²) in [4.78, 5) is 21.9. The Morgan fingerprint density at radius 2 is 2.04 bits per heavy atom. The Kier molecular flexibility index (Phi) is 3.33. The predicted octanol–water partition coefficient (Wildman–Crippen LogP) is 3.68. The molecule has 0 spiro atoms. The van der Waals surface area contributed by atoms with Crippen molar-refractivity contribution in [3.8, 4) is 0 Å². The van der Waals surface area contributed by atoms with Crippen molar-refractivity contribution in [2.75, 3.05) is 6.54 Å². The second-order valence-electron chi connectivity index (χ2n) is 5.85. The maximum absolute atomic E-state index is 13.3. The number of fused-ring (bicyclic) bond motifs is 1. The van der Waals surface area contributed by atoms with Gasteiger partial charge in [0.1, 0.15) is 11.5 Å². The molecule has 0 saturated carbocycles. The van der Waals surface area contributed by atoms with Crippen molar-refractivity contribution in [1.29, 1.82) is 0 Å². The number of benzene rings is 1. The van der Waals surface area contributed by atoms with Gasteiger partial charge in [-0.25, -0.2) is 4.39 Å². The van der Waals surface area contributed by atoms with Crippen LogP contribution in [-0.4, -0.2) is 27.3 Å². The summed E-state index contributed by atoms with van der Waals surface area (Å²) in [5.41, 5.74) is 2.38. The quantitative estimate of drug-likeness (QED) is 0.785. The second kappa shape index (κ2) is 5.50. The predicted molar refractivity (Wildman–Crippen MR) is 85.5 cm³/mol. The van der Waals surface area contributed by atoms with Gasteiger partial charge in [0.25, 0.3) is 5.91 Å². The van der Waals surface area contributed by atoms with Crippen LogP contribution >= 0.6 is 0 Å². The molecular weight excluding hydrogens is 293 g/mol. The van der Waals surface area contributed by atoms with Crippen molar-refractivity contribution < 1.29 is 9.18 Å². The number of likely N-dealkylation sites (tertiary alicyclic amines) is 1. The number of nitrogens with one attached hydrogen (secondary N) is 1. The van der Waals surface area contributed by atoms with Crippen molar-refractivity contribution in [3.63, 3.8) is 0 Å². The molecule has 2 aromatic heterocycles. The number of halogens is 1. The molecule has 3 aromatic rings. The Morgan fingerprint density at radius 1 is 1.22 bits per heavy atom. The molecule has 0 bridgehead atoms. The van der Waals surface area contributed by atoms with E-state index in [-0.39, 0.29) is 17.8 Å². The number of hydrogen-bond acceptors (Lipinski definition) is 2. The standard InChI is InChI=1S/C18H16FN3O/c19-14-3-4-15-13(10-14)11-16(21-15)18(23)22-9-1-2-17(22)12-5-7-20-8-6-12/h3-8,10-11,17,21H,1-2,9H2. The van der Waals surface area contributed by atoms with Crippen LogP contribution in [0.4, 0.5) is 4.39 Å². The van der Waals surface area contributed by atoms with E-state index in [0.29, 0.717) is 11.1 Å². The number of carbonyl (C=O) groups is 1. The molecule has 116 valence electrons. The third-order valence-electron chi connectivity index (χ3n) is 4.42. The van der Waals surface area contributed by atoms with Crippen LogP contribution in [0.3, 0.4) is 0 Å². The van der Waals surface area contributed by atoms with Crippen LogP contribution in [0.1, 0.15) is 34.9 Å². The number of nitrogens with zero attached hydrogens (tertiary/aromatic N) is 2. The van der Waals surface area contributed by atoms with E-state index in [1.807, 2.05) is 17.0 Å². The lowest BCUT2D eigenvalue weighted by Crippen LogP contribution is -2.30. The van der Waals surface area contributed by atoms with E-state index in [2.05, 4.69) is 9.97 Å². The lowest BCUT2D eigenvalue weighted by Gasteiger charge is -2.24.